The molecule has 178 valence electrons. The van der Waals surface area contributed by atoms with Crippen molar-refractivity contribution in [2.24, 2.45) is 0 Å². The predicted octanol–water partition coefficient (Wildman–Crippen LogP) is 7.76. The molecular weight excluding hydrogens is 459 g/mol. The predicted molar refractivity (Wildman–Crippen MR) is 126 cm³/mol. The standard InChI is InChI=1S/C29H21F5O/c1-2-19-3-5-20(6-4-19)7-8-21-10-15-25-24(17-21)14-13-23(28(25)31)12-9-22-11-16-27(26(30)18-22)35-29(32,33)34/h3-6,10-11,13-18H,2,9,12H2,1H3. The van der Waals surface area contributed by atoms with Crippen LogP contribution < -0.4 is 4.74 Å². The quantitative estimate of drug-likeness (QED) is 0.210. The lowest BCUT2D eigenvalue weighted by Crippen LogP contribution is -2.18. The fourth-order valence-corrected chi connectivity index (χ4v) is 3.76. The van der Waals surface area contributed by atoms with Crippen molar-refractivity contribution in [3.05, 3.63) is 112 Å². The van der Waals surface area contributed by atoms with Crippen LogP contribution in [0.25, 0.3) is 10.8 Å². The Morgan fingerprint density at radius 3 is 2.11 bits per heavy atom. The topological polar surface area (TPSA) is 9.23 Å². The van der Waals surface area contributed by atoms with Gasteiger partial charge in [0.05, 0.1) is 0 Å². The third kappa shape index (κ3) is 6.19. The van der Waals surface area contributed by atoms with E-state index in [2.05, 4.69) is 23.5 Å². The Morgan fingerprint density at radius 1 is 0.743 bits per heavy atom. The highest BCUT2D eigenvalue weighted by atomic mass is 19.4. The summed E-state index contributed by atoms with van der Waals surface area (Å²) in [5, 5.41) is 1.15. The molecule has 0 aliphatic carbocycles. The third-order valence-electron chi connectivity index (χ3n) is 5.65. The van der Waals surface area contributed by atoms with Crippen molar-refractivity contribution in [2.45, 2.75) is 32.5 Å². The zero-order chi connectivity index (χ0) is 25.0. The summed E-state index contributed by atoms with van der Waals surface area (Å²) in [5.74, 6) is 3.83. The smallest absolute Gasteiger partial charge is 0.403 e. The van der Waals surface area contributed by atoms with Gasteiger partial charge in [-0.3, -0.25) is 0 Å². The van der Waals surface area contributed by atoms with Crippen LogP contribution in [0.4, 0.5) is 22.0 Å². The number of ether oxygens (including phenoxy) is 1. The van der Waals surface area contributed by atoms with Crippen LogP contribution in [0.2, 0.25) is 0 Å². The minimum atomic E-state index is -4.97. The van der Waals surface area contributed by atoms with Gasteiger partial charge in [-0.1, -0.05) is 55.2 Å². The summed E-state index contributed by atoms with van der Waals surface area (Å²) >= 11 is 0. The highest BCUT2D eigenvalue weighted by Crippen LogP contribution is 2.27. The summed E-state index contributed by atoms with van der Waals surface area (Å²) in [6, 6.07) is 20.0. The summed E-state index contributed by atoms with van der Waals surface area (Å²) in [7, 11) is 0. The highest BCUT2D eigenvalue weighted by Gasteiger charge is 2.32. The van der Waals surface area contributed by atoms with Gasteiger partial charge >= 0.3 is 6.36 Å². The molecule has 0 unspecified atom stereocenters. The molecule has 6 heteroatoms. The monoisotopic (exact) mass is 480 g/mol. The van der Waals surface area contributed by atoms with Gasteiger partial charge in [0.25, 0.3) is 0 Å². The number of halogens is 5. The first-order chi connectivity index (χ1) is 16.7. The highest BCUT2D eigenvalue weighted by molar-refractivity contribution is 5.85. The molecule has 4 aromatic carbocycles. The van der Waals surface area contributed by atoms with Crippen molar-refractivity contribution in [3.8, 4) is 17.6 Å². The summed E-state index contributed by atoms with van der Waals surface area (Å²) in [6.45, 7) is 2.09. The first kappa shape index (κ1) is 24.3. The Kier molecular flexibility index (Phi) is 7.07. The second-order valence-corrected chi connectivity index (χ2v) is 8.09. The van der Waals surface area contributed by atoms with Crippen molar-refractivity contribution in [2.75, 3.05) is 0 Å². The lowest BCUT2D eigenvalue weighted by molar-refractivity contribution is -0.275. The molecule has 0 N–H and O–H groups in total. The Balaban J connectivity index is 1.48. The van der Waals surface area contributed by atoms with Crippen LogP contribution in [-0.4, -0.2) is 6.36 Å². The molecule has 0 aliphatic rings. The van der Waals surface area contributed by atoms with E-state index in [0.717, 1.165) is 29.7 Å². The normalized spacial score (nSPS) is 11.3. The number of hydrogen-bond acceptors (Lipinski definition) is 1. The average Bonchev–Trinajstić information content (AvgIpc) is 2.83. The lowest BCUT2D eigenvalue weighted by Gasteiger charge is -2.11. The number of rotatable bonds is 5. The van der Waals surface area contributed by atoms with E-state index in [9.17, 15) is 17.6 Å². The van der Waals surface area contributed by atoms with Crippen LogP contribution in [0.5, 0.6) is 5.75 Å². The Labute approximate surface area is 200 Å². The second-order valence-electron chi connectivity index (χ2n) is 8.09. The van der Waals surface area contributed by atoms with Gasteiger partial charge in [0.15, 0.2) is 11.6 Å². The molecule has 1 nitrogen and oxygen atoms in total. The van der Waals surface area contributed by atoms with Gasteiger partial charge in [0, 0.05) is 16.5 Å². The summed E-state index contributed by atoms with van der Waals surface area (Å²) in [6.07, 6.45) is -3.49. The van der Waals surface area contributed by atoms with Gasteiger partial charge in [0.1, 0.15) is 5.82 Å². The van der Waals surface area contributed by atoms with Crippen molar-refractivity contribution < 1.29 is 26.7 Å². The zero-order valence-electron chi connectivity index (χ0n) is 18.8. The molecule has 0 aromatic heterocycles. The van der Waals surface area contributed by atoms with E-state index in [-0.39, 0.29) is 18.7 Å². The maximum atomic E-state index is 15.1. The number of alkyl halides is 3. The SMILES string of the molecule is CCc1ccc(C#Cc2ccc3c(F)c(CCc4ccc(OC(F)(F)F)c(F)c4)ccc3c2)cc1. The third-order valence-corrected chi connectivity index (χ3v) is 5.65. The van der Waals surface area contributed by atoms with E-state index < -0.39 is 17.9 Å². The van der Waals surface area contributed by atoms with Crippen LogP contribution in [0.1, 0.15) is 34.7 Å². The molecule has 4 rings (SSSR count). The Bertz CT molecular complexity index is 1410. The molecule has 0 spiro atoms. The minimum Gasteiger partial charge on any atom is -0.403 e. The molecule has 0 radical (unpaired) electrons. The fourth-order valence-electron chi connectivity index (χ4n) is 3.76. The molecule has 0 fully saturated rings. The molecule has 0 bridgehead atoms. The van der Waals surface area contributed by atoms with E-state index in [1.165, 1.54) is 11.6 Å². The molecule has 35 heavy (non-hydrogen) atoms. The van der Waals surface area contributed by atoms with E-state index >= 15 is 4.39 Å². The van der Waals surface area contributed by atoms with Crippen molar-refractivity contribution in [3.63, 3.8) is 0 Å². The van der Waals surface area contributed by atoms with Crippen molar-refractivity contribution in [1.29, 1.82) is 0 Å². The zero-order valence-corrected chi connectivity index (χ0v) is 18.8. The number of hydrogen-bond donors (Lipinski definition) is 0. The van der Waals surface area contributed by atoms with Crippen molar-refractivity contribution >= 4 is 10.8 Å². The van der Waals surface area contributed by atoms with E-state index in [1.807, 2.05) is 30.3 Å². The molecule has 0 heterocycles. The number of benzene rings is 4. The molecule has 0 saturated carbocycles. The largest absolute Gasteiger partial charge is 0.573 e. The van der Waals surface area contributed by atoms with Crippen LogP contribution in [-0.2, 0) is 19.3 Å². The van der Waals surface area contributed by atoms with Crippen LogP contribution >= 0.6 is 0 Å². The first-order valence-corrected chi connectivity index (χ1v) is 11.1. The number of aryl methyl sites for hydroxylation is 3. The second kappa shape index (κ2) is 10.2. The molecule has 0 aliphatic heterocycles. The minimum absolute atomic E-state index is 0.256. The molecule has 0 amide bonds. The molecule has 0 atom stereocenters. The van der Waals surface area contributed by atoms with E-state index in [4.69, 9.17) is 0 Å². The van der Waals surface area contributed by atoms with E-state index in [1.54, 1.807) is 24.3 Å². The van der Waals surface area contributed by atoms with Crippen LogP contribution in [0.15, 0.2) is 72.8 Å². The van der Waals surface area contributed by atoms with E-state index in [0.29, 0.717) is 21.9 Å². The van der Waals surface area contributed by atoms with Gasteiger partial charge in [-0.25, -0.2) is 8.78 Å². The average molecular weight is 480 g/mol. The van der Waals surface area contributed by atoms with Crippen LogP contribution in [0, 0.1) is 23.5 Å². The molecular formula is C29H21F5O. The summed E-state index contributed by atoms with van der Waals surface area (Å²) in [5.41, 5.74) is 3.78. The summed E-state index contributed by atoms with van der Waals surface area (Å²) < 4.78 is 69.6. The Morgan fingerprint density at radius 2 is 1.43 bits per heavy atom. The van der Waals surface area contributed by atoms with Gasteiger partial charge < -0.3 is 4.74 Å². The van der Waals surface area contributed by atoms with Crippen LogP contribution in [0.3, 0.4) is 0 Å². The maximum Gasteiger partial charge on any atom is 0.573 e. The maximum absolute atomic E-state index is 15.1. The fraction of sp³-hybridized carbons (Fsp3) is 0.172. The van der Waals surface area contributed by atoms with Crippen molar-refractivity contribution in [1.82, 2.24) is 0 Å². The van der Waals surface area contributed by atoms with Gasteiger partial charge in [-0.15, -0.1) is 13.2 Å². The Hall–Kier alpha value is -3.85. The van der Waals surface area contributed by atoms with Gasteiger partial charge in [-0.2, -0.15) is 0 Å². The lowest BCUT2D eigenvalue weighted by atomic mass is 9.99. The van der Waals surface area contributed by atoms with Gasteiger partial charge in [0.2, 0.25) is 0 Å². The molecule has 4 aromatic rings. The first-order valence-electron chi connectivity index (χ1n) is 11.1. The number of fused-ring (bicyclic) bond motifs is 1. The van der Waals surface area contributed by atoms with Gasteiger partial charge in [-0.05, 0) is 77.7 Å². The summed E-state index contributed by atoms with van der Waals surface area (Å²) in [4.78, 5) is 0. The molecule has 0 saturated heterocycles.